The Morgan fingerprint density at radius 2 is 1.16 bits per heavy atom. The Kier molecular flexibility index (Phi) is 5.09. The minimum Gasteiger partial charge on any atom is -0.309 e. The summed E-state index contributed by atoms with van der Waals surface area (Å²) in [6.07, 6.45) is 1.63. The summed E-state index contributed by atoms with van der Waals surface area (Å²) in [4.78, 5) is 14.5. The quantitative estimate of drug-likeness (QED) is 0.205. The molecule has 0 amide bonds. The lowest BCUT2D eigenvalue weighted by Gasteiger charge is -2.10. The van der Waals surface area contributed by atoms with Crippen LogP contribution in [0.4, 0.5) is 0 Å². The van der Waals surface area contributed by atoms with Gasteiger partial charge in [-0.05, 0) is 42.5 Å². The zero-order chi connectivity index (χ0) is 29.5. The summed E-state index contributed by atoms with van der Waals surface area (Å²) in [6.45, 7) is 0. The van der Waals surface area contributed by atoms with Crippen molar-refractivity contribution in [1.82, 2.24) is 24.1 Å². The molecule has 10 aromatic rings. The van der Waals surface area contributed by atoms with Crippen LogP contribution in [0.2, 0.25) is 0 Å². The van der Waals surface area contributed by atoms with Gasteiger partial charge < -0.3 is 4.57 Å². The molecular weight excluding hydrogens is 571 g/mol. The maximum atomic E-state index is 5.09. The number of nitrogens with zero attached hydrogens (tertiary/aromatic N) is 5. The van der Waals surface area contributed by atoms with E-state index in [-0.39, 0.29) is 0 Å². The summed E-state index contributed by atoms with van der Waals surface area (Å²) in [5.74, 6) is 1.24. The van der Waals surface area contributed by atoms with Gasteiger partial charge in [-0.1, -0.05) is 91.0 Å². The standard InChI is InChI=1S/C39H23N5S/c1-5-16-31-26(12-1)27-13-2-6-17-32(27)43(31)25-11-9-10-24(22-25)38-40-23-41-39(42-38)44-33-18-7-3-15-30(33)36-34(44)21-20-29-28-14-4-8-19-35(28)45-37(29)36/h1-23H. The van der Waals surface area contributed by atoms with Crippen LogP contribution in [0.3, 0.4) is 0 Å². The predicted octanol–water partition coefficient (Wildman–Crippen LogP) is 10.1. The van der Waals surface area contributed by atoms with Crippen LogP contribution in [-0.4, -0.2) is 24.1 Å². The Bertz CT molecular complexity index is 2730. The van der Waals surface area contributed by atoms with Crippen molar-refractivity contribution in [3.8, 4) is 23.0 Å². The first-order valence-electron chi connectivity index (χ1n) is 15.0. The van der Waals surface area contributed by atoms with Crippen LogP contribution in [0.15, 0.2) is 140 Å². The van der Waals surface area contributed by atoms with Crippen molar-refractivity contribution >= 4 is 75.1 Å². The van der Waals surface area contributed by atoms with E-state index in [2.05, 4.69) is 148 Å². The monoisotopic (exact) mass is 593 g/mol. The summed E-state index contributed by atoms with van der Waals surface area (Å²) in [5.41, 5.74) is 6.51. The molecule has 4 heterocycles. The van der Waals surface area contributed by atoms with E-state index in [1.807, 2.05) is 11.3 Å². The molecule has 0 unspecified atom stereocenters. The number of aromatic nitrogens is 5. The predicted molar refractivity (Wildman–Crippen MR) is 187 cm³/mol. The molecule has 6 heteroatoms. The fraction of sp³-hybridized carbons (Fsp3) is 0. The molecule has 0 N–H and O–H groups in total. The summed E-state index contributed by atoms with van der Waals surface area (Å²) in [6, 6.07) is 47.2. The minimum atomic E-state index is 0.605. The van der Waals surface area contributed by atoms with Crippen LogP contribution in [0.5, 0.6) is 0 Å². The fourth-order valence-corrected chi connectivity index (χ4v) is 8.23. The SMILES string of the molecule is c1cc(-c2ncnc(-n3c4ccccc4c4c5sc6ccccc6c5ccc43)n2)cc(-n2c3ccccc3c3ccccc32)c1. The first kappa shape index (κ1) is 24.6. The Balaban J connectivity index is 1.18. The van der Waals surface area contributed by atoms with Gasteiger partial charge in [0.25, 0.3) is 0 Å². The van der Waals surface area contributed by atoms with E-state index < -0.39 is 0 Å². The number of benzene rings is 6. The first-order valence-corrected chi connectivity index (χ1v) is 15.8. The van der Waals surface area contributed by atoms with Gasteiger partial charge in [-0.3, -0.25) is 4.57 Å². The Hall–Kier alpha value is -5.85. The van der Waals surface area contributed by atoms with Gasteiger partial charge in [0.15, 0.2) is 5.82 Å². The second-order valence-electron chi connectivity index (χ2n) is 11.3. The van der Waals surface area contributed by atoms with E-state index in [0.29, 0.717) is 11.8 Å². The third-order valence-corrected chi connectivity index (χ3v) is 10.1. The molecule has 45 heavy (non-hydrogen) atoms. The van der Waals surface area contributed by atoms with E-state index >= 15 is 0 Å². The average molecular weight is 594 g/mol. The van der Waals surface area contributed by atoms with Gasteiger partial charge in [-0.15, -0.1) is 11.3 Å². The number of hydrogen-bond donors (Lipinski definition) is 0. The van der Waals surface area contributed by atoms with Crippen LogP contribution in [0.1, 0.15) is 0 Å². The van der Waals surface area contributed by atoms with Crippen LogP contribution >= 0.6 is 11.3 Å². The largest absolute Gasteiger partial charge is 0.309 e. The molecule has 0 fully saturated rings. The van der Waals surface area contributed by atoms with Gasteiger partial charge in [-0.2, -0.15) is 4.98 Å². The van der Waals surface area contributed by atoms with Crippen LogP contribution in [-0.2, 0) is 0 Å². The molecule has 0 saturated heterocycles. The highest BCUT2D eigenvalue weighted by Crippen LogP contribution is 2.43. The van der Waals surface area contributed by atoms with Crippen molar-refractivity contribution in [2.45, 2.75) is 0 Å². The number of para-hydroxylation sites is 3. The van der Waals surface area contributed by atoms with Crippen LogP contribution in [0, 0.1) is 0 Å². The van der Waals surface area contributed by atoms with Crippen LogP contribution < -0.4 is 0 Å². The van der Waals surface area contributed by atoms with E-state index in [1.165, 1.54) is 52.8 Å². The van der Waals surface area contributed by atoms with Gasteiger partial charge in [0.1, 0.15) is 6.33 Å². The summed E-state index contributed by atoms with van der Waals surface area (Å²) in [5, 5.41) is 7.48. The van der Waals surface area contributed by atoms with Gasteiger partial charge >= 0.3 is 0 Å². The summed E-state index contributed by atoms with van der Waals surface area (Å²) >= 11 is 1.85. The first-order chi connectivity index (χ1) is 22.3. The van der Waals surface area contributed by atoms with Crippen molar-refractivity contribution in [2.24, 2.45) is 0 Å². The zero-order valence-electron chi connectivity index (χ0n) is 23.9. The molecule has 0 saturated carbocycles. The van der Waals surface area contributed by atoms with Crippen molar-refractivity contribution in [3.05, 3.63) is 140 Å². The average Bonchev–Trinajstić information content (AvgIpc) is 3.76. The lowest BCUT2D eigenvalue weighted by Crippen LogP contribution is -2.03. The number of fused-ring (bicyclic) bond motifs is 10. The molecule has 0 radical (unpaired) electrons. The third kappa shape index (κ3) is 3.51. The molecule has 10 rings (SSSR count). The molecule has 6 aromatic carbocycles. The van der Waals surface area contributed by atoms with Crippen molar-refractivity contribution in [1.29, 1.82) is 0 Å². The second-order valence-corrected chi connectivity index (χ2v) is 12.4. The van der Waals surface area contributed by atoms with Crippen LogP contribution in [0.25, 0.3) is 86.8 Å². The fourth-order valence-electron chi connectivity index (χ4n) is 6.97. The highest BCUT2D eigenvalue weighted by molar-refractivity contribution is 7.26. The summed E-state index contributed by atoms with van der Waals surface area (Å²) < 4.78 is 7.08. The molecule has 0 bridgehead atoms. The van der Waals surface area contributed by atoms with Crippen molar-refractivity contribution < 1.29 is 0 Å². The molecule has 0 aliphatic carbocycles. The second kappa shape index (κ2) is 9.32. The Morgan fingerprint density at radius 1 is 0.489 bits per heavy atom. The van der Waals surface area contributed by atoms with Crippen molar-refractivity contribution in [2.75, 3.05) is 0 Å². The maximum Gasteiger partial charge on any atom is 0.238 e. The lowest BCUT2D eigenvalue weighted by molar-refractivity contribution is 0.946. The smallest absolute Gasteiger partial charge is 0.238 e. The molecule has 0 spiro atoms. The number of hydrogen-bond acceptors (Lipinski definition) is 4. The minimum absolute atomic E-state index is 0.605. The molecule has 0 aliphatic heterocycles. The molecule has 0 atom stereocenters. The van der Waals surface area contributed by atoms with E-state index in [4.69, 9.17) is 9.97 Å². The maximum absolute atomic E-state index is 5.09. The van der Waals surface area contributed by atoms with Gasteiger partial charge in [0.05, 0.1) is 22.1 Å². The zero-order valence-corrected chi connectivity index (χ0v) is 24.7. The summed E-state index contributed by atoms with van der Waals surface area (Å²) in [7, 11) is 0. The molecular formula is C39H23N5S. The Labute approximate surface area is 261 Å². The molecule has 210 valence electrons. The lowest BCUT2D eigenvalue weighted by atomic mass is 10.1. The number of rotatable bonds is 3. The van der Waals surface area contributed by atoms with Gasteiger partial charge in [0.2, 0.25) is 5.95 Å². The molecule has 4 aromatic heterocycles. The highest BCUT2D eigenvalue weighted by Gasteiger charge is 2.19. The Morgan fingerprint density at radius 3 is 1.93 bits per heavy atom. The normalized spacial score (nSPS) is 12.0. The van der Waals surface area contributed by atoms with Gasteiger partial charge in [0, 0.05) is 53.0 Å². The molecule has 0 aliphatic rings. The molecule has 5 nitrogen and oxygen atoms in total. The van der Waals surface area contributed by atoms with E-state index in [9.17, 15) is 0 Å². The van der Waals surface area contributed by atoms with Crippen molar-refractivity contribution in [3.63, 3.8) is 0 Å². The highest BCUT2D eigenvalue weighted by atomic mass is 32.1. The van der Waals surface area contributed by atoms with Gasteiger partial charge in [-0.25, -0.2) is 9.97 Å². The van der Waals surface area contributed by atoms with E-state index in [0.717, 1.165) is 22.3 Å². The topological polar surface area (TPSA) is 48.5 Å². The third-order valence-electron chi connectivity index (χ3n) is 8.88. The van der Waals surface area contributed by atoms with E-state index in [1.54, 1.807) is 6.33 Å². The number of thiophene rings is 1.